The SMILES string of the molecule is O=C(NCc1ccccn1)c1ccc(CSc2nc(Cl)cc(N3CCN(c4ccccc4F)CC3)n2)cc1. The number of nitrogens with zero attached hydrogens (tertiary/aromatic N) is 5. The van der Waals surface area contributed by atoms with Crippen molar-refractivity contribution in [1.29, 1.82) is 0 Å². The number of halogens is 2. The summed E-state index contributed by atoms with van der Waals surface area (Å²) in [4.78, 5) is 30.0. The number of anilines is 2. The molecule has 0 atom stereocenters. The van der Waals surface area contributed by atoms with E-state index in [1.54, 1.807) is 18.3 Å². The molecule has 1 saturated heterocycles. The van der Waals surface area contributed by atoms with Crippen molar-refractivity contribution in [1.82, 2.24) is 20.3 Å². The second-order valence-electron chi connectivity index (χ2n) is 8.75. The average Bonchev–Trinajstić information content (AvgIpc) is 2.96. The minimum atomic E-state index is -0.206. The highest BCUT2D eigenvalue weighted by Crippen LogP contribution is 2.27. The summed E-state index contributed by atoms with van der Waals surface area (Å²) >= 11 is 7.81. The van der Waals surface area contributed by atoms with Crippen LogP contribution >= 0.6 is 23.4 Å². The molecule has 1 fully saturated rings. The number of para-hydroxylation sites is 1. The van der Waals surface area contributed by atoms with Gasteiger partial charge in [-0.05, 0) is 42.0 Å². The van der Waals surface area contributed by atoms with Crippen LogP contribution in [0.1, 0.15) is 21.6 Å². The van der Waals surface area contributed by atoms with E-state index in [0.717, 1.165) is 17.1 Å². The third kappa shape index (κ3) is 6.59. The fourth-order valence-corrected chi connectivity index (χ4v) is 5.21. The molecular weight excluding hydrogens is 523 g/mol. The highest BCUT2D eigenvalue weighted by molar-refractivity contribution is 7.98. The van der Waals surface area contributed by atoms with Gasteiger partial charge in [-0.3, -0.25) is 9.78 Å². The molecule has 194 valence electrons. The normalized spacial score (nSPS) is 13.4. The molecule has 3 heterocycles. The molecule has 0 radical (unpaired) electrons. The van der Waals surface area contributed by atoms with Gasteiger partial charge in [0.1, 0.15) is 16.8 Å². The molecule has 1 aliphatic rings. The molecule has 0 bridgehead atoms. The van der Waals surface area contributed by atoms with Gasteiger partial charge < -0.3 is 15.1 Å². The Hall–Kier alpha value is -3.69. The average molecular weight is 549 g/mol. The zero-order valence-electron chi connectivity index (χ0n) is 20.6. The van der Waals surface area contributed by atoms with Gasteiger partial charge in [-0.1, -0.05) is 53.7 Å². The van der Waals surface area contributed by atoms with E-state index < -0.39 is 0 Å². The molecule has 0 spiro atoms. The topological polar surface area (TPSA) is 74.2 Å². The monoisotopic (exact) mass is 548 g/mol. The Morgan fingerprint density at radius 3 is 2.42 bits per heavy atom. The van der Waals surface area contributed by atoms with Crippen molar-refractivity contribution < 1.29 is 9.18 Å². The van der Waals surface area contributed by atoms with Crippen LogP contribution < -0.4 is 15.1 Å². The Morgan fingerprint density at radius 1 is 0.947 bits per heavy atom. The third-order valence-electron chi connectivity index (χ3n) is 6.20. The van der Waals surface area contributed by atoms with Gasteiger partial charge in [0, 0.05) is 49.8 Å². The van der Waals surface area contributed by atoms with E-state index in [-0.39, 0.29) is 11.7 Å². The van der Waals surface area contributed by atoms with E-state index in [2.05, 4.69) is 20.2 Å². The van der Waals surface area contributed by atoms with Gasteiger partial charge in [0.05, 0.1) is 17.9 Å². The van der Waals surface area contributed by atoms with Gasteiger partial charge in [-0.25, -0.2) is 14.4 Å². The van der Waals surface area contributed by atoms with Crippen molar-refractivity contribution in [2.24, 2.45) is 0 Å². The van der Waals surface area contributed by atoms with Gasteiger partial charge in [-0.15, -0.1) is 0 Å². The first-order valence-electron chi connectivity index (χ1n) is 12.2. The Balaban J connectivity index is 1.15. The molecule has 5 rings (SSSR count). The summed E-state index contributed by atoms with van der Waals surface area (Å²) in [6.07, 6.45) is 1.70. The fraction of sp³-hybridized carbons (Fsp3) is 0.214. The third-order valence-corrected chi connectivity index (χ3v) is 7.31. The first kappa shape index (κ1) is 25.9. The minimum Gasteiger partial charge on any atom is -0.366 e. The number of piperazine rings is 1. The van der Waals surface area contributed by atoms with Crippen LogP contribution in [0.2, 0.25) is 5.15 Å². The molecule has 0 unspecified atom stereocenters. The summed E-state index contributed by atoms with van der Waals surface area (Å²) in [7, 11) is 0. The number of benzene rings is 2. The predicted molar refractivity (Wildman–Crippen MR) is 149 cm³/mol. The lowest BCUT2D eigenvalue weighted by molar-refractivity contribution is 0.0950. The predicted octanol–water partition coefficient (Wildman–Crippen LogP) is 5.21. The van der Waals surface area contributed by atoms with Crippen LogP contribution in [0.15, 0.2) is 84.1 Å². The van der Waals surface area contributed by atoms with Gasteiger partial charge in [0.25, 0.3) is 5.91 Å². The van der Waals surface area contributed by atoms with Gasteiger partial charge in [0.2, 0.25) is 0 Å². The van der Waals surface area contributed by atoms with E-state index in [1.165, 1.54) is 17.8 Å². The van der Waals surface area contributed by atoms with Crippen molar-refractivity contribution >= 4 is 40.8 Å². The minimum absolute atomic E-state index is 0.146. The van der Waals surface area contributed by atoms with Crippen LogP contribution in [0.5, 0.6) is 0 Å². The standard InChI is InChI=1S/C28H26ClFN6OS/c29-25-17-26(36-15-13-35(14-16-36)24-7-2-1-6-23(24)30)34-28(33-25)38-19-20-8-10-21(11-9-20)27(37)32-18-22-5-3-4-12-31-22/h1-12,17H,13-16,18-19H2,(H,32,37). The molecule has 0 saturated carbocycles. The van der Waals surface area contributed by atoms with Crippen molar-refractivity contribution in [3.63, 3.8) is 0 Å². The number of pyridine rings is 1. The number of aromatic nitrogens is 3. The number of carbonyl (C=O) groups is 1. The van der Waals surface area contributed by atoms with Crippen LogP contribution in [0.4, 0.5) is 15.9 Å². The fourth-order valence-electron chi connectivity index (χ4n) is 4.17. The van der Waals surface area contributed by atoms with Gasteiger partial charge >= 0.3 is 0 Å². The van der Waals surface area contributed by atoms with E-state index >= 15 is 0 Å². The lowest BCUT2D eigenvalue weighted by Gasteiger charge is -2.36. The van der Waals surface area contributed by atoms with E-state index in [4.69, 9.17) is 16.6 Å². The quantitative estimate of drug-likeness (QED) is 0.184. The maximum atomic E-state index is 14.2. The smallest absolute Gasteiger partial charge is 0.251 e. The van der Waals surface area contributed by atoms with Crippen molar-refractivity contribution in [2.45, 2.75) is 17.5 Å². The van der Waals surface area contributed by atoms with Crippen LogP contribution in [-0.4, -0.2) is 47.0 Å². The number of amides is 1. The van der Waals surface area contributed by atoms with Crippen LogP contribution in [-0.2, 0) is 12.3 Å². The Labute approximate surface area is 230 Å². The number of nitrogens with one attached hydrogen (secondary N) is 1. The van der Waals surface area contributed by atoms with Crippen LogP contribution in [0, 0.1) is 5.82 Å². The highest BCUT2D eigenvalue weighted by Gasteiger charge is 2.21. The zero-order valence-corrected chi connectivity index (χ0v) is 22.1. The van der Waals surface area contributed by atoms with Crippen molar-refractivity contribution in [3.8, 4) is 0 Å². The molecule has 1 amide bonds. The van der Waals surface area contributed by atoms with E-state index in [0.29, 0.717) is 60.0 Å². The molecule has 4 aromatic rings. The van der Waals surface area contributed by atoms with E-state index in [9.17, 15) is 9.18 Å². The zero-order chi connectivity index (χ0) is 26.3. The first-order chi connectivity index (χ1) is 18.5. The summed E-state index contributed by atoms with van der Waals surface area (Å²) in [6, 6.07) is 21.7. The lowest BCUT2D eigenvalue weighted by Crippen LogP contribution is -2.47. The maximum absolute atomic E-state index is 14.2. The van der Waals surface area contributed by atoms with Crippen LogP contribution in [0.3, 0.4) is 0 Å². The van der Waals surface area contributed by atoms with Crippen LogP contribution in [0.25, 0.3) is 0 Å². The van der Waals surface area contributed by atoms with Crippen molar-refractivity contribution in [3.05, 3.63) is 107 Å². The number of thioether (sulfide) groups is 1. The maximum Gasteiger partial charge on any atom is 0.251 e. The molecule has 10 heteroatoms. The second kappa shape index (κ2) is 12.2. The molecule has 1 aliphatic heterocycles. The number of hydrogen-bond donors (Lipinski definition) is 1. The molecule has 0 aliphatic carbocycles. The van der Waals surface area contributed by atoms with Gasteiger partial charge in [-0.2, -0.15) is 0 Å². The summed E-state index contributed by atoms with van der Waals surface area (Å²) in [5, 5.41) is 3.85. The highest BCUT2D eigenvalue weighted by atomic mass is 35.5. The number of rotatable bonds is 8. The molecule has 2 aromatic heterocycles. The molecule has 2 aromatic carbocycles. The van der Waals surface area contributed by atoms with E-state index in [1.807, 2.05) is 59.5 Å². The first-order valence-corrected chi connectivity index (χ1v) is 13.6. The molecule has 1 N–H and O–H groups in total. The summed E-state index contributed by atoms with van der Waals surface area (Å²) < 4.78 is 14.2. The lowest BCUT2D eigenvalue weighted by atomic mass is 10.1. The summed E-state index contributed by atoms with van der Waals surface area (Å²) in [6.45, 7) is 3.16. The van der Waals surface area contributed by atoms with Crippen molar-refractivity contribution in [2.75, 3.05) is 36.0 Å². The largest absolute Gasteiger partial charge is 0.366 e. The number of carbonyl (C=O) groups excluding carboxylic acids is 1. The Kier molecular flexibility index (Phi) is 8.35. The molecule has 38 heavy (non-hydrogen) atoms. The molecular formula is C28H26ClFN6OS. The van der Waals surface area contributed by atoms with Gasteiger partial charge in [0.15, 0.2) is 5.16 Å². The Bertz CT molecular complexity index is 1380. The number of hydrogen-bond acceptors (Lipinski definition) is 7. The Morgan fingerprint density at radius 2 is 1.68 bits per heavy atom. The summed E-state index contributed by atoms with van der Waals surface area (Å²) in [5.41, 5.74) is 3.06. The second-order valence-corrected chi connectivity index (χ2v) is 10.1. The molecule has 7 nitrogen and oxygen atoms in total. The summed E-state index contributed by atoms with van der Waals surface area (Å²) in [5.74, 6) is 1.05.